The zero-order chi connectivity index (χ0) is 14.6. The topological polar surface area (TPSA) is 70.9 Å². The smallest absolute Gasteiger partial charge is 0.310 e. The van der Waals surface area contributed by atoms with Gasteiger partial charge < -0.3 is 19.5 Å². The third kappa shape index (κ3) is 4.35. The fraction of sp³-hybridized carbons (Fsp3) is 0.714. The van der Waals surface area contributed by atoms with Gasteiger partial charge in [0.25, 0.3) is 0 Å². The standard InChI is InChI=1S/C14H23NO4/c1-9-7-10(2)12(11(8-9)13(16)17)14(18)19-6-5-15(3)4/h7,10-12H,5-6,8H2,1-4H3,(H,16,17)/t10-,11+,12+/m0/s1. The number of nitrogens with one attached hydrogen (secondary N) is 1. The Balaban J connectivity index is 2.71. The quantitative estimate of drug-likeness (QED) is 0.494. The summed E-state index contributed by atoms with van der Waals surface area (Å²) >= 11 is 0. The molecule has 0 saturated heterocycles. The van der Waals surface area contributed by atoms with Gasteiger partial charge in [-0.15, -0.1) is 0 Å². The number of carboxylic acid groups (broad SMARTS) is 1. The molecule has 0 amide bonds. The average molecular weight is 269 g/mol. The minimum absolute atomic E-state index is 0.129. The Morgan fingerprint density at radius 1 is 1.47 bits per heavy atom. The number of carbonyl (C=O) groups is 2. The predicted octanol–water partition coefficient (Wildman–Crippen LogP) is -1.36. The summed E-state index contributed by atoms with van der Waals surface area (Å²) in [5, 5.41) is 11.2. The van der Waals surface area contributed by atoms with Crippen LogP contribution in [0.25, 0.3) is 0 Å². The third-order valence-electron chi connectivity index (χ3n) is 3.51. The van der Waals surface area contributed by atoms with Crippen molar-refractivity contribution in [3.05, 3.63) is 11.6 Å². The van der Waals surface area contributed by atoms with E-state index in [2.05, 4.69) is 0 Å². The van der Waals surface area contributed by atoms with Crippen molar-refractivity contribution in [2.75, 3.05) is 27.2 Å². The van der Waals surface area contributed by atoms with Crippen molar-refractivity contribution in [2.24, 2.45) is 17.8 Å². The van der Waals surface area contributed by atoms with Crippen LogP contribution in [0.3, 0.4) is 0 Å². The van der Waals surface area contributed by atoms with Crippen molar-refractivity contribution in [2.45, 2.75) is 20.3 Å². The summed E-state index contributed by atoms with van der Waals surface area (Å²) in [5.41, 5.74) is 0.989. The van der Waals surface area contributed by atoms with Gasteiger partial charge in [-0.05, 0) is 19.3 Å². The molecule has 1 N–H and O–H groups in total. The number of rotatable bonds is 5. The molecule has 0 unspecified atom stereocenters. The molecule has 0 aliphatic heterocycles. The highest BCUT2D eigenvalue weighted by atomic mass is 16.5. The number of ether oxygens (including phenoxy) is 1. The lowest BCUT2D eigenvalue weighted by molar-refractivity contribution is -0.858. The molecule has 0 aromatic rings. The Morgan fingerprint density at radius 2 is 2.11 bits per heavy atom. The lowest BCUT2D eigenvalue weighted by Crippen LogP contribution is -3.06. The second kappa shape index (κ2) is 6.70. The predicted molar refractivity (Wildman–Crippen MR) is 68.2 cm³/mol. The fourth-order valence-electron chi connectivity index (χ4n) is 2.52. The molecule has 0 spiro atoms. The van der Waals surface area contributed by atoms with E-state index < -0.39 is 23.8 Å². The van der Waals surface area contributed by atoms with E-state index in [1.807, 2.05) is 34.0 Å². The summed E-state index contributed by atoms with van der Waals surface area (Å²) in [6, 6.07) is 0. The number of esters is 1. The number of carboxylic acids is 1. The number of likely N-dealkylation sites (N-methyl/N-ethyl adjacent to an activating group) is 1. The third-order valence-corrected chi connectivity index (χ3v) is 3.51. The first-order valence-corrected chi connectivity index (χ1v) is 6.66. The maximum Gasteiger partial charge on any atom is 0.310 e. The van der Waals surface area contributed by atoms with E-state index in [1.165, 1.54) is 4.90 Å². The molecule has 0 aromatic heterocycles. The molecule has 0 radical (unpaired) electrons. The largest absolute Gasteiger partial charge is 0.550 e. The highest BCUT2D eigenvalue weighted by molar-refractivity contribution is 5.81. The highest BCUT2D eigenvalue weighted by Gasteiger charge is 2.37. The molecule has 1 rings (SSSR count). The molecule has 0 bridgehead atoms. The molecule has 0 aromatic carbocycles. The summed E-state index contributed by atoms with van der Waals surface area (Å²) in [5.74, 6) is -3.13. The number of quaternary nitrogens is 1. The van der Waals surface area contributed by atoms with Crippen LogP contribution in [0.4, 0.5) is 0 Å². The minimum Gasteiger partial charge on any atom is -0.550 e. The van der Waals surface area contributed by atoms with Crippen LogP contribution in [0.5, 0.6) is 0 Å². The number of hydrogen-bond acceptors (Lipinski definition) is 4. The molecular formula is C14H23NO4. The minimum atomic E-state index is -1.17. The molecule has 1 aliphatic carbocycles. The van der Waals surface area contributed by atoms with Crippen LogP contribution in [0.15, 0.2) is 11.6 Å². The lowest BCUT2D eigenvalue weighted by Gasteiger charge is -2.34. The first-order valence-electron chi connectivity index (χ1n) is 6.66. The van der Waals surface area contributed by atoms with E-state index in [0.29, 0.717) is 19.6 Å². The Morgan fingerprint density at radius 3 is 2.63 bits per heavy atom. The maximum absolute atomic E-state index is 12.1. The molecule has 5 nitrogen and oxygen atoms in total. The zero-order valence-corrected chi connectivity index (χ0v) is 12.1. The van der Waals surface area contributed by atoms with Crippen molar-refractivity contribution < 1.29 is 24.3 Å². The van der Waals surface area contributed by atoms with Gasteiger partial charge in [-0.2, -0.15) is 0 Å². The Hall–Kier alpha value is -1.36. The van der Waals surface area contributed by atoms with Gasteiger partial charge in [0.1, 0.15) is 13.2 Å². The van der Waals surface area contributed by atoms with Crippen LogP contribution in [0.2, 0.25) is 0 Å². The molecule has 108 valence electrons. The van der Waals surface area contributed by atoms with E-state index in [-0.39, 0.29) is 5.92 Å². The summed E-state index contributed by atoms with van der Waals surface area (Å²) in [6.45, 7) is 4.75. The van der Waals surface area contributed by atoms with Crippen LogP contribution in [0, 0.1) is 17.8 Å². The van der Waals surface area contributed by atoms with Crippen molar-refractivity contribution in [1.82, 2.24) is 0 Å². The molecule has 3 atom stereocenters. The van der Waals surface area contributed by atoms with Crippen molar-refractivity contribution >= 4 is 11.9 Å². The Kier molecular flexibility index (Phi) is 5.54. The number of aliphatic carboxylic acids is 1. The number of hydrogen-bond donors (Lipinski definition) is 1. The molecular weight excluding hydrogens is 246 g/mol. The van der Waals surface area contributed by atoms with Crippen molar-refractivity contribution in [1.29, 1.82) is 0 Å². The van der Waals surface area contributed by atoms with E-state index in [9.17, 15) is 14.7 Å². The van der Waals surface area contributed by atoms with Crippen molar-refractivity contribution in [3.63, 3.8) is 0 Å². The van der Waals surface area contributed by atoms with Gasteiger partial charge in [-0.1, -0.05) is 18.6 Å². The SMILES string of the molecule is CC1=C[C@H](C)[C@@H](C(=O)OCC[NH+](C)C)[C@H](C(=O)[O-])C1. The molecule has 1 aliphatic rings. The summed E-state index contributed by atoms with van der Waals surface area (Å²) in [4.78, 5) is 24.4. The molecule has 0 heterocycles. The molecule has 0 fully saturated rings. The summed E-state index contributed by atoms with van der Waals surface area (Å²) in [6.07, 6.45) is 2.31. The normalized spacial score (nSPS) is 27.0. The first kappa shape index (κ1) is 15.7. The van der Waals surface area contributed by atoms with Crippen LogP contribution < -0.4 is 10.0 Å². The van der Waals surface area contributed by atoms with E-state index >= 15 is 0 Å². The van der Waals surface area contributed by atoms with E-state index in [4.69, 9.17) is 4.74 Å². The van der Waals surface area contributed by atoms with Gasteiger partial charge in [0.05, 0.1) is 20.0 Å². The molecule has 0 saturated carbocycles. The van der Waals surface area contributed by atoms with Crippen LogP contribution >= 0.6 is 0 Å². The van der Waals surface area contributed by atoms with Crippen LogP contribution in [-0.4, -0.2) is 39.2 Å². The van der Waals surface area contributed by atoms with Gasteiger partial charge >= 0.3 is 5.97 Å². The second-order valence-corrected chi connectivity index (χ2v) is 5.65. The number of carbonyl (C=O) groups excluding carboxylic acids is 2. The number of allylic oxidation sites excluding steroid dienone is 2. The van der Waals surface area contributed by atoms with Gasteiger partial charge in [-0.25, -0.2) is 0 Å². The second-order valence-electron chi connectivity index (χ2n) is 5.65. The first-order chi connectivity index (χ1) is 8.82. The van der Waals surface area contributed by atoms with Gasteiger partial charge in [0, 0.05) is 11.9 Å². The average Bonchev–Trinajstić information content (AvgIpc) is 2.26. The maximum atomic E-state index is 12.1. The van der Waals surface area contributed by atoms with Gasteiger partial charge in [0.2, 0.25) is 0 Å². The van der Waals surface area contributed by atoms with Crippen LogP contribution in [0.1, 0.15) is 20.3 Å². The van der Waals surface area contributed by atoms with E-state index in [1.54, 1.807) is 0 Å². The summed E-state index contributed by atoms with van der Waals surface area (Å²) in [7, 11) is 3.93. The zero-order valence-electron chi connectivity index (χ0n) is 12.1. The summed E-state index contributed by atoms with van der Waals surface area (Å²) < 4.78 is 5.20. The van der Waals surface area contributed by atoms with Gasteiger partial charge in [-0.3, -0.25) is 4.79 Å². The lowest BCUT2D eigenvalue weighted by atomic mass is 9.74. The van der Waals surface area contributed by atoms with Gasteiger partial charge in [0.15, 0.2) is 0 Å². The molecule has 19 heavy (non-hydrogen) atoms. The van der Waals surface area contributed by atoms with Crippen molar-refractivity contribution in [3.8, 4) is 0 Å². The Labute approximate surface area is 114 Å². The monoisotopic (exact) mass is 269 g/mol. The van der Waals surface area contributed by atoms with Crippen LogP contribution in [-0.2, 0) is 14.3 Å². The Bertz CT molecular complexity index is 376. The highest BCUT2D eigenvalue weighted by Crippen LogP contribution is 2.34. The fourth-order valence-corrected chi connectivity index (χ4v) is 2.52. The van der Waals surface area contributed by atoms with E-state index in [0.717, 1.165) is 5.57 Å². The molecule has 5 heteroatoms.